The van der Waals surface area contributed by atoms with E-state index < -0.39 is 11.7 Å². The summed E-state index contributed by atoms with van der Waals surface area (Å²) < 4.78 is 38.6. The smallest absolute Gasteiger partial charge is 0.384 e. The molecule has 0 aliphatic heterocycles. The van der Waals surface area contributed by atoms with Crippen LogP contribution in [0.4, 0.5) is 19.0 Å². The van der Waals surface area contributed by atoms with Gasteiger partial charge >= 0.3 is 6.18 Å². The first kappa shape index (κ1) is 12.3. The second-order valence-corrected chi connectivity index (χ2v) is 3.79. The predicted octanol–water partition coefficient (Wildman–Crippen LogP) is 3.05. The van der Waals surface area contributed by atoms with Crippen LogP contribution >= 0.6 is 0 Å². The van der Waals surface area contributed by atoms with Gasteiger partial charge in [0.25, 0.3) is 0 Å². The summed E-state index contributed by atoms with van der Waals surface area (Å²) in [5, 5.41) is 0. The zero-order valence-electron chi connectivity index (χ0n) is 9.49. The fraction of sp³-hybridized carbons (Fsp3) is 0.167. The fourth-order valence-corrected chi connectivity index (χ4v) is 1.72. The Balaban J connectivity index is 2.64. The summed E-state index contributed by atoms with van der Waals surface area (Å²) in [7, 11) is 0. The van der Waals surface area contributed by atoms with E-state index in [1.807, 2.05) is 0 Å². The Labute approximate surface area is 101 Å². The summed E-state index contributed by atoms with van der Waals surface area (Å²) in [6.45, 7) is 1.61. The van der Waals surface area contributed by atoms with Crippen molar-refractivity contribution in [3.63, 3.8) is 0 Å². The van der Waals surface area contributed by atoms with Gasteiger partial charge in [0.05, 0.1) is 5.56 Å². The van der Waals surface area contributed by atoms with Crippen LogP contribution in [0.25, 0.3) is 11.1 Å². The zero-order valence-corrected chi connectivity index (χ0v) is 9.49. The van der Waals surface area contributed by atoms with Crippen molar-refractivity contribution < 1.29 is 13.2 Å². The van der Waals surface area contributed by atoms with E-state index in [4.69, 9.17) is 5.73 Å². The van der Waals surface area contributed by atoms with E-state index in [-0.39, 0.29) is 11.4 Å². The number of anilines is 1. The van der Waals surface area contributed by atoms with Crippen LogP contribution in [0.2, 0.25) is 0 Å². The van der Waals surface area contributed by atoms with Crippen LogP contribution in [-0.2, 0) is 6.18 Å². The van der Waals surface area contributed by atoms with E-state index in [9.17, 15) is 13.2 Å². The number of alkyl halides is 3. The average Bonchev–Trinajstić information content (AvgIpc) is 2.28. The molecule has 0 fully saturated rings. The Hall–Kier alpha value is -2.11. The Kier molecular flexibility index (Phi) is 2.94. The lowest BCUT2D eigenvalue weighted by molar-refractivity contribution is -0.137. The standard InChI is InChI=1S/C12H10F3N3/c1-7-8(2-3-11(16)18-7)9-6-17-5-4-10(9)12(13,14)15/h2-6H,1H3,(H2,16,18). The van der Waals surface area contributed by atoms with E-state index >= 15 is 0 Å². The average molecular weight is 253 g/mol. The third-order valence-corrected chi connectivity index (χ3v) is 2.52. The van der Waals surface area contributed by atoms with Crippen molar-refractivity contribution in [3.05, 3.63) is 41.9 Å². The van der Waals surface area contributed by atoms with E-state index in [0.717, 1.165) is 12.3 Å². The van der Waals surface area contributed by atoms with Crippen molar-refractivity contribution in [2.75, 3.05) is 5.73 Å². The predicted molar refractivity (Wildman–Crippen MR) is 61.6 cm³/mol. The summed E-state index contributed by atoms with van der Waals surface area (Å²) >= 11 is 0. The first-order chi connectivity index (χ1) is 8.39. The van der Waals surface area contributed by atoms with Gasteiger partial charge in [-0.1, -0.05) is 0 Å². The molecule has 0 aromatic carbocycles. The molecule has 0 unspecified atom stereocenters. The Morgan fingerprint density at radius 1 is 1.11 bits per heavy atom. The van der Waals surface area contributed by atoms with Crippen molar-refractivity contribution in [1.29, 1.82) is 0 Å². The van der Waals surface area contributed by atoms with E-state index in [1.165, 1.54) is 18.3 Å². The molecule has 0 saturated heterocycles. The molecule has 0 atom stereocenters. The van der Waals surface area contributed by atoms with E-state index in [1.54, 1.807) is 6.92 Å². The molecule has 0 bridgehead atoms. The van der Waals surface area contributed by atoms with Gasteiger partial charge in [-0.2, -0.15) is 13.2 Å². The van der Waals surface area contributed by atoms with Crippen molar-refractivity contribution in [2.24, 2.45) is 0 Å². The maximum Gasteiger partial charge on any atom is 0.417 e. The summed E-state index contributed by atoms with van der Waals surface area (Å²) in [5.74, 6) is 0.272. The minimum Gasteiger partial charge on any atom is -0.384 e. The van der Waals surface area contributed by atoms with Gasteiger partial charge in [-0.05, 0) is 25.1 Å². The molecule has 0 spiro atoms. The summed E-state index contributed by atoms with van der Waals surface area (Å²) in [4.78, 5) is 7.70. The minimum atomic E-state index is -4.42. The van der Waals surface area contributed by atoms with Crippen LogP contribution in [0.15, 0.2) is 30.6 Å². The van der Waals surface area contributed by atoms with E-state index in [0.29, 0.717) is 11.3 Å². The van der Waals surface area contributed by atoms with Gasteiger partial charge in [0.1, 0.15) is 5.82 Å². The SMILES string of the molecule is Cc1nc(N)ccc1-c1cnccc1C(F)(F)F. The maximum atomic E-state index is 12.9. The normalized spacial score (nSPS) is 11.6. The lowest BCUT2D eigenvalue weighted by atomic mass is 10.0. The molecule has 18 heavy (non-hydrogen) atoms. The molecule has 0 amide bonds. The molecule has 2 aromatic heterocycles. The molecule has 0 radical (unpaired) electrons. The molecular weight excluding hydrogens is 243 g/mol. The van der Waals surface area contributed by atoms with Gasteiger partial charge in [-0.15, -0.1) is 0 Å². The largest absolute Gasteiger partial charge is 0.417 e. The monoisotopic (exact) mass is 253 g/mol. The second-order valence-electron chi connectivity index (χ2n) is 3.79. The van der Waals surface area contributed by atoms with Crippen LogP contribution in [-0.4, -0.2) is 9.97 Å². The molecule has 0 aliphatic carbocycles. The van der Waals surface area contributed by atoms with Gasteiger partial charge < -0.3 is 5.73 Å². The molecule has 94 valence electrons. The molecule has 0 saturated carbocycles. The Morgan fingerprint density at radius 3 is 2.44 bits per heavy atom. The highest BCUT2D eigenvalue weighted by Gasteiger charge is 2.33. The van der Waals surface area contributed by atoms with Crippen LogP contribution in [0.5, 0.6) is 0 Å². The number of halogens is 3. The minimum absolute atomic E-state index is 0.00926. The number of nitrogens with zero attached hydrogens (tertiary/aromatic N) is 2. The van der Waals surface area contributed by atoms with Gasteiger partial charge in [0, 0.05) is 29.2 Å². The van der Waals surface area contributed by atoms with Gasteiger partial charge in [-0.3, -0.25) is 4.98 Å². The summed E-state index contributed by atoms with van der Waals surface area (Å²) in [6.07, 6.45) is -2.12. The number of nitrogen functional groups attached to an aromatic ring is 1. The summed E-state index contributed by atoms with van der Waals surface area (Å²) in [6, 6.07) is 3.94. The van der Waals surface area contributed by atoms with E-state index in [2.05, 4.69) is 9.97 Å². The molecule has 2 aromatic rings. The highest BCUT2D eigenvalue weighted by atomic mass is 19.4. The molecule has 3 nitrogen and oxygen atoms in total. The van der Waals surface area contributed by atoms with Crippen LogP contribution in [0.3, 0.4) is 0 Å². The van der Waals surface area contributed by atoms with Crippen LogP contribution < -0.4 is 5.73 Å². The fourth-order valence-electron chi connectivity index (χ4n) is 1.72. The van der Waals surface area contributed by atoms with Crippen molar-refractivity contribution >= 4 is 5.82 Å². The van der Waals surface area contributed by atoms with Crippen molar-refractivity contribution in [3.8, 4) is 11.1 Å². The maximum absolute atomic E-state index is 12.9. The second kappa shape index (κ2) is 4.29. The first-order valence-electron chi connectivity index (χ1n) is 5.14. The quantitative estimate of drug-likeness (QED) is 0.849. The summed E-state index contributed by atoms with van der Waals surface area (Å²) in [5.41, 5.74) is 5.58. The van der Waals surface area contributed by atoms with Crippen molar-refractivity contribution in [1.82, 2.24) is 9.97 Å². The third kappa shape index (κ3) is 2.27. The lowest BCUT2D eigenvalue weighted by Crippen LogP contribution is -2.08. The van der Waals surface area contributed by atoms with Gasteiger partial charge in [0.2, 0.25) is 0 Å². The third-order valence-electron chi connectivity index (χ3n) is 2.52. The highest BCUT2D eigenvalue weighted by Crippen LogP contribution is 2.37. The molecule has 2 heterocycles. The zero-order chi connectivity index (χ0) is 13.3. The molecule has 2 N–H and O–H groups in total. The topological polar surface area (TPSA) is 51.8 Å². The number of hydrogen-bond donors (Lipinski definition) is 1. The number of pyridine rings is 2. The highest BCUT2D eigenvalue weighted by molar-refractivity contribution is 5.70. The molecular formula is C12H10F3N3. The van der Waals surface area contributed by atoms with Gasteiger partial charge in [-0.25, -0.2) is 4.98 Å². The number of aromatic nitrogens is 2. The first-order valence-corrected chi connectivity index (χ1v) is 5.14. The molecule has 0 aliphatic rings. The number of rotatable bonds is 1. The number of nitrogens with two attached hydrogens (primary N) is 1. The van der Waals surface area contributed by atoms with Crippen LogP contribution in [0, 0.1) is 6.92 Å². The Morgan fingerprint density at radius 2 is 1.83 bits per heavy atom. The van der Waals surface area contributed by atoms with Gasteiger partial charge in [0.15, 0.2) is 0 Å². The number of aryl methyl sites for hydroxylation is 1. The molecule has 6 heteroatoms. The van der Waals surface area contributed by atoms with Crippen LogP contribution in [0.1, 0.15) is 11.3 Å². The number of hydrogen-bond acceptors (Lipinski definition) is 3. The Bertz CT molecular complexity index is 579. The van der Waals surface area contributed by atoms with Crippen molar-refractivity contribution in [2.45, 2.75) is 13.1 Å². The molecule has 2 rings (SSSR count). The lowest BCUT2D eigenvalue weighted by Gasteiger charge is -2.13.